The van der Waals surface area contributed by atoms with Gasteiger partial charge in [0.1, 0.15) is 5.82 Å². The van der Waals surface area contributed by atoms with Crippen molar-refractivity contribution in [1.82, 2.24) is 19.4 Å². The summed E-state index contributed by atoms with van der Waals surface area (Å²) >= 11 is 0. The number of morpholine rings is 1. The van der Waals surface area contributed by atoms with Crippen LogP contribution in [0.15, 0.2) is 35.1 Å². The van der Waals surface area contributed by atoms with E-state index in [1.54, 1.807) is 23.1 Å². The third-order valence-corrected chi connectivity index (χ3v) is 8.87. The summed E-state index contributed by atoms with van der Waals surface area (Å²) in [5.41, 5.74) is 1.45. The Kier molecular flexibility index (Phi) is 8.32. The molecule has 0 unspecified atom stereocenters. The van der Waals surface area contributed by atoms with Gasteiger partial charge in [0.25, 0.3) is 5.56 Å². The highest BCUT2D eigenvalue weighted by Gasteiger charge is 2.43. The molecule has 0 spiro atoms. The monoisotopic (exact) mass is 584 g/mol. The fourth-order valence-corrected chi connectivity index (χ4v) is 6.59. The normalized spacial score (nSPS) is 24.5. The van der Waals surface area contributed by atoms with Gasteiger partial charge in [0.2, 0.25) is 5.91 Å². The van der Waals surface area contributed by atoms with Gasteiger partial charge in [-0.25, -0.2) is 13.9 Å². The van der Waals surface area contributed by atoms with Crippen LogP contribution in [0.3, 0.4) is 0 Å². The van der Waals surface area contributed by atoms with Crippen molar-refractivity contribution < 1.29 is 23.8 Å². The maximum absolute atomic E-state index is 14.0. The number of hydrogen-bond donors (Lipinski definition) is 2. The van der Waals surface area contributed by atoms with Crippen LogP contribution in [0.4, 0.5) is 14.9 Å². The van der Waals surface area contributed by atoms with E-state index in [4.69, 9.17) is 10.6 Å². The molecule has 12 heteroatoms. The first-order chi connectivity index (χ1) is 19.9. The molecule has 3 atom stereocenters. The Morgan fingerprint density at radius 1 is 1.12 bits per heavy atom. The van der Waals surface area contributed by atoms with Crippen LogP contribution in [0, 0.1) is 5.82 Å². The second-order valence-corrected chi connectivity index (χ2v) is 12.5. The zero-order valence-electron chi connectivity index (χ0n) is 24.8. The van der Waals surface area contributed by atoms with Crippen molar-refractivity contribution in [3.63, 3.8) is 0 Å². The number of halogens is 1. The Bertz CT molecular complexity index is 1400. The summed E-state index contributed by atoms with van der Waals surface area (Å²) < 4.78 is 20.2. The highest BCUT2D eigenvalue weighted by Crippen LogP contribution is 2.40. The number of benzene rings is 1. The molecule has 11 nitrogen and oxygen atoms in total. The second-order valence-electron chi connectivity index (χ2n) is 12.5. The number of aromatic nitrogens is 1. The SMILES string of the molecule is C[C@@H]1COCCN1C[C@H]1CN(C(=O)O)[C@H](C)CN1CC(=O)N1CC(C)(C)c2c1cc(Cc1ccc(F)cc1)c(=O)n2N. The predicted octanol–water partition coefficient (Wildman–Crippen LogP) is 1.69. The lowest BCUT2D eigenvalue weighted by molar-refractivity contribution is -0.121. The molecular formula is C30H41FN6O5. The van der Waals surface area contributed by atoms with Crippen LogP contribution < -0.4 is 16.3 Å². The number of nitrogen functional groups attached to an aromatic ring is 1. The van der Waals surface area contributed by atoms with Crippen LogP contribution in [-0.4, -0.2) is 107 Å². The first-order valence-electron chi connectivity index (χ1n) is 14.5. The van der Waals surface area contributed by atoms with Crippen LogP contribution in [0.2, 0.25) is 0 Å². The largest absolute Gasteiger partial charge is 0.465 e. The van der Waals surface area contributed by atoms with E-state index in [0.29, 0.717) is 56.3 Å². The van der Waals surface area contributed by atoms with Crippen LogP contribution in [0.25, 0.3) is 0 Å². The summed E-state index contributed by atoms with van der Waals surface area (Å²) in [4.78, 5) is 46.8. The molecule has 2 aromatic rings. The molecule has 3 aliphatic heterocycles. The average molecular weight is 585 g/mol. The van der Waals surface area contributed by atoms with Crippen molar-refractivity contribution in [3.05, 3.63) is 63.3 Å². The highest BCUT2D eigenvalue weighted by atomic mass is 19.1. The van der Waals surface area contributed by atoms with E-state index >= 15 is 0 Å². The summed E-state index contributed by atoms with van der Waals surface area (Å²) in [5, 5.41) is 9.83. The summed E-state index contributed by atoms with van der Waals surface area (Å²) in [5.74, 6) is 5.86. The molecule has 1 aromatic carbocycles. The Balaban J connectivity index is 1.42. The van der Waals surface area contributed by atoms with Crippen LogP contribution in [0.5, 0.6) is 0 Å². The Morgan fingerprint density at radius 2 is 1.83 bits per heavy atom. The van der Waals surface area contributed by atoms with Gasteiger partial charge in [-0.3, -0.25) is 19.4 Å². The fourth-order valence-electron chi connectivity index (χ4n) is 6.59. The molecule has 3 aliphatic rings. The number of pyridine rings is 1. The standard InChI is InChI=1S/C30H41FN6O5/c1-19-13-34(24(15-35(19)29(40)41)14-33-9-10-42-17-20(33)2)16-26(38)36-18-30(3,4)27-25(36)12-22(28(39)37(27)32)11-21-5-7-23(31)8-6-21/h5-8,12,19-20,24H,9-11,13-18,32H2,1-4H3,(H,40,41)/t19-,20-,24+/m1/s1. The molecule has 2 saturated heterocycles. The van der Waals surface area contributed by atoms with E-state index in [1.807, 2.05) is 20.8 Å². The van der Waals surface area contributed by atoms with E-state index < -0.39 is 11.5 Å². The summed E-state index contributed by atoms with van der Waals surface area (Å²) in [7, 11) is 0. The molecule has 42 heavy (non-hydrogen) atoms. The second kappa shape index (κ2) is 11.7. The molecule has 1 aromatic heterocycles. The number of nitrogens with zero attached hydrogens (tertiary/aromatic N) is 5. The Morgan fingerprint density at radius 3 is 2.50 bits per heavy atom. The molecule has 0 radical (unpaired) electrons. The van der Waals surface area contributed by atoms with Gasteiger partial charge in [-0.1, -0.05) is 26.0 Å². The highest BCUT2D eigenvalue weighted by molar-refractivity contribution is 5.97. The molecule has 0 aliphatic carbocycles. The molecule has 0 saturated carbocycles. The van der Waals surface area contributed by atoms with Gasteiger partial charge in [-0.15, -0.1) is 0 Å². The summed E-state index contributed by atoms with van der Waals surface area (Å²) in [6.07, 6.45) is -0.709. The Hall–Kier alpha value is -3.48. The van der Waals surface area contributed by atoms with Crippen molar-refractivity contribution in [3.8, 4) is 0 Å². The third-order valence-electron chi connectivity index (χ3n) is 8.87. The van der Waals surface area contributed by atoms with Crippen molar-refractivity contribution >= 4 is 17.7 Å². The van der Waals surface area contributed by atoms with Gasteiger partial charge in [0.05, 0.1) is 31.1 Å². The number of fused-ring (bicyclic) bond motifs is 1. The number of carbonyl (C=O) groups is 2. The molecule has 3 N–H and O–H groups in total. The van der Waals surface area contributed by atoms with Crippen LogP contribution in [-0.2, 0) is 21.4 Å². The summed E-state index contributed by atoms with van der Waals surface area (Å²) in [6, 6.07) is 7.45. The smallest absolute Gasteiger partial charge is 0.407 e. The van der Waals surface area contributed by atoms with Gasteiger partial charge in [0.15, 0.2) is 0 Å². The van der Waals surface area contributed by atoms with E-state index in [2.05, 4.69) is 16.7 Å². The summed E-state index contributed by atoms with van der Waals surface area (Å²) in [6.45, 7) is 11.7. The zero-order chi connectivity index (χ0) is 30.3. The molecule has 5 rings (SSSR count). The number of carboxylic acid groups (broad SMARTS) is 1. The van der Waals surface area contributed by atoms with Gasteiger partial charge < -0.3 is 25.5 Å². The number of hydrogen-bond acceptors (Lipinski definition) is 7. The first-order valence-corrected chi connectivity index (χ1v) is 14.5. The number of ether oxygens (including phenoxy) is 1. The average Bonchev–Trinajstić information content (AvgIpc) is 3.21. The molecular weight excluding hydrogens is 543 g/mol. The van der Waals surface area contributed by atoms with Gasteiger partial charge in [-0.05, 0) is 37.6 Å². The van der Waals surface area contributed by atoms with Crippen molar-refractivity contribution in [2.45, 2.75) is 57.7 Å². The predicted molar refractivity (Wildman–Crippen MR) is 157 cm³/mol. The van der Waals surface area contributed by atoms with Crippen molar-refractivity contribution in [1.29, 1.82) is 0 Å². The Labute approximate surface area is 245 Å². The first kappa shape index (κ1) is 30.0. The quantitative estimate of drug-likeness (QED) is 0.492. The number of anilines is 1. The van der Waals surface area contributed by atoms with Crippen LogP contribution >= 0.6 is 0 Å². The molecule has 2 fully saturated rings. The lowest BCUT2D eigenvalue weighted by Gasteiger charge is -2.47. The van der Waals surface area contributed by atoms with E-state index in [0.717, 1.165) is 16.8 Å². The minimum absolute atomic E-state index is 0.105. The lowest BCUT2D eigenvalue weighted by atomic mass is 9.90. The molecule has 0 bridgehead atoms. The van der Waals surface area contributed by atoms with Gasteiger partial charge >= 0.3 is 6.09 Å². The molecule has 228 valence electrons. The number of nitrogens with two attached hydrogens (primary N) is 1. The number of piperazine rings is 1. The minimum atomic E-state index is -0.960. The zero-order valence-corrected chi connectivity index (χ0v) is 24.8. The maximum Gasteiger partial charge on any atom is 0.407 e. The lowest BCUT2D eigenvalue weighted by Crippen LogP contribution is -2.64. The maximum atomic E-state index is 14.0. The topological polar surface area (TPSA) is 125 Å². The number of amides is 2. The van der Waals surface area contributed by atoms with E-state index in [-0.39, 0.29) is 48.4 Å². The van der Waals surface area contributed by atoms with Gasteiger partial charge in [0, 0.05) is 68.2 Å². The van der Waals surface area contributed by atoms with E-state index in [1.165, 1.54) is 17.0 Å². The van der Waals surface area contributed by atoms with Gasteiger partial charge in [-0.2, -0.15) is 0 Å². The van der Waals surface area contributed by atoms with E-state index in [9.17, 15) is 23.9 Å². The van der Waals surface area contributed by atoms with Crippen LogP contribution in [0.1, 0.15) is 44.5 Å². The fraction of sp³-hybridized carbons (Fsp3) is 0.567. The molecule has 2 amide bonds. The minimum Gasteiger partial charge on any atom is -0.465 e. The third kappa shape index (κ3) is 5.88. The number of carbonyl (C=O) groups excluding carboxylic acids is 1. The van der Waals surface area contributed by atoms with Crippen molar-refractivity contribution in [2.75, 3.05) is 63.2 Å². The van der Waals surface area contributed by atoms with Crippen molar-refractivity contribution in [2.24, 2.45) is 0 Å². The molecule has 4 heterocycles. The number of rotatable bonds is 6.